The molecule has 3 rings (SSSR count). The monoisotopic (exact) mass is 325 g/mol. The van der Waals surface area contributed by atoms with E-state index < -0.39 is 11.8 Å². The molecule has 0 aliphatic carbocycles. The van der Waals surface area contributed by atoms with E-state index in [0.717, 1.165) is 5.69 Å². The van der Waals surface area contributed by atoms with Gasteiger partial charge < -0.3 is 10.5 Å². The Labute approximate surface area is 138 Å². The van der Waals surface area contributed by atoms with Gasteiger partial charge in [-0.15, -0.1) is 0 Å². The van der Waals surface area contributed by atoms with Crippen molar-refractivity contribution in [3.63, 3.8) is 0 Å². The van der Waals surface area contributed by atoms with Gasteiger partial charge in [0.15, 0.2) is 5.69 Å². The number of benzene rings is 2. The predicted molar refractivity (Wildman–Crippen MR) is 89.4 cm³/mol. The molecule has 2 aromatic carbocycles. The second-order valence-corrected chi connectivity index (χ2v) is 5.27. The molecule has 0 amide bonds. The minimum absolute atomic E-state index is 0.146. The Bertz CT molecular complexity index is 901. The zero-order valence-corrected chi connectivity index (χ0v) is 13.3. The number of rotatable bonds is 3. The number of imidazole rings is 1. The summed E-state index contributed by atoms with van der Waals surface area (Å²) in [5, 5.41) is 0. The molecule has 0 bridgehead atoms. The first-order valence-corrected chi connectivity index (χ1v) is 7.31. The summed E-state index contributed by atoms with van der Waals surface area (Å²) in [5.41, 5.74) is 8.07. The number of halogens is 1. The van der Waals surface area contributed by atoms with E-state index in [4.69, 9.17) is 10.5 Å². The summed E-state index contributed by atoms with van der Waals surface area (Å²) in [4.78, 5) is 16.3. The predicted octanol–water partition coefficient (Wildman–Crippen LogP) is 3.36. The first-order valence-electron chi connectivity index (χ1n) is 7.31. The van der Waals surface area contributed by atoms with Crippen LogP contribution in [0.5, 0.6) is 0 Å². The van der Waals surface area contributed by atoms with Gasteiger partial charge in [-0.1, -0.05) is 12.1 Å². The van der Waals surface area contributed by atoms with E-state index in [0.29, 0.717) is 22.8 Å². The van der Waals surface area contributed by atoms with Crippen molar-refractivity contribution in [1.29, 1.82) is 0 Å². The van der Waals surface area contributed by atoms with Gasteiger partial charge in [0.05, 0.1) is 18.4 Å². The van der Waals surface area contributed by atoms with E-state index in [1.807, 2.05) is 0 Å². The molecule has 6 heteroatoms. The van der Waals surface area contributed by atoms with Crippen LogP contribution in [0.25, 0.3) is 17.1 Å². The van der Waals surface area contributed by atoms with Gasteiger partial charge in [0.1, 0.15) is 11.6 Å². The second-order valence-electron chi connectivity index (χ2n) is 5.27. The fourth-order valence-electron chi connectivity index (χ4n) is 2.55. The molecule has 0 fully saturated rings. The van der Waals surface area contributed by atoms with Crippen LogP contribution < -0.4 is 5.73 Å². The average molecular weight is 325 g/mol. The Balaban J connectivity index is 2.29. The third-order valence-corrected chi connectivity index (χ3v) is 3.75. The summed E-state index contributed by atoms with van der Waals surface area (Å²) in [6.45, 7) is 1.74. The smallest absolute Gasteiger partial charge is 0.358 e. The normalized spacial score (nSPS) is 10.6. The summed E-state index contributed by atoms with van der Waals surface area (Å²) in [7, 11) is 1.28. The van der Waals surface area contributed by atoms with Crippen LogP contribution in [-0.2, 0) is 4.74 Å². The third kappa shape index (κ3) is 2.62. The van der Waals surface area contributed by atoms with E-state index in [1.54, 1.807) is 54.0 Å². The average Bonchev–Trinajstić information content (AvgIpc) is 2.92. The molecule has 0 atom stereocenters. The van der Waals surface area contributed by atoms with Crippen LogP contribution >= 0.6 is 0 Å². The van der Waals surface area contributed by atoms with Gasteiger partial charge in [0.2, 0.25) is 0 Å². The third-order valence-electron chi connectivity index (χ3n) is 3.75. The fourth-order valence-corrected chi connectivity index (χ4v) is 2.55. The Kier molecular flexibility index (Phi) is 4.04. The molecule has 1 heterocycles. The van der Waals surface area contributed by atoms with E-state index in [-0.39, 0.29) is 5.69 Å². The molecule has 0 saturated carbocycles. The Morgan fingerprint density at radius 1 is 1.17 bits per heavy atom. The first kappa shape index (κ1) is 15.7. The van der Waals surface area contributed by atoms with Crippen molar-refractivity contribution in [3.8, 4) is 17.1 Å². The highest BCUT2D eigenvalue weighted by molar-refractivity contribution is 5.89. The minimum atomic E-state index is -0.570. The highest BCUT2D eigenvalue weighted by Crippen LogP contribution is 2.28. The van der Waals surface area contributed by atoms with Gasteiger partial charge in [-0.05, 0) is 43.3 Å². The number of anilines is 1. The van der Waals surface area contributed by atoms with Crippen molar-refractivity contribution in [2.45, 2.75) is 6.92 Å². The number of carbonyl (C=O) groups excluding carboxylic acids is 1. The summed E-state index contributed by atoms with van der Waals surface area (Å²) >= 11 is 0. The van der Waals surface area contributed by atoms with Crippen molar-refractivity contribution in [2.24, 2.45) is 0 Å². The summed E-state index contributed by atoms with van der Waals surface area (Å²) < 4.78 is 20.8. The number of hydrogen-bond acceptors (Lipinski definition) is 4. The number of aromatic nitrogens is 2. The Hall–Kier alpha value is -3.15. The zero-order valence-electron chi connectivity index (χ0n) is 13.3. The molecule has 0 unspecified atom stereocenters. The van der Waals surface area contributed by atoms with Crippen LogP contribution in [0.15, 0.2) is 48.5 Å². The number of nitrogen functional groups attached to an aromatic ring is 1. The van der Waals surface area contributed by atoms with Crippen molar-refractivity contribution in [2.75, 3.05) is 12.8 Å². The molecule has 0 aliphatic heterocycles. The SMILES string of the molecule is COC(=O)c1nc(-c2ccccc2F)n(-c2ccc(N)cc2)c1C. The first-order chi connectivity index (χ1) is 11.5. The van der Waals surface area contributed by atoms with Crippen LogP contribution in [0.3, 0.4) is 0 Å². The zero-order chi connectivity index (χ0) is 17.3. The number of ether oxygens (including phenoxy) is 1. The van der Waals surface area contributed by atoms with Crippen LogP contribution in [0.2, 0.25) is 0 Å². The Morgan fingerprint density at radius 3 is 2.46 bits per heavy atom. The van der Waals surface area contributed by atoms with Crippen molar-refractivity contribution < 1.29 is 13.9 Å². The van der Waals surface area contributed by atoms with Gasteiger partial charge in [0, 0.05) is 11.4 Å². The summed E-state index contributed by atoms with van der Waals surface area (Å²) in [6, 6.07) is 13.3. The van der Waals surface area contributed by atoms with Crippen LogP contribution in [0, 0.1) is 12.7 Å². The second kappa shape index (κ2) is 6.16. The standard InChI is InChI=1S/C18H16FN3O2/c1-11-16(18(23)24-2)21-17(14-5-3-4-6-15(14)19)22(11)13-9-7-12(20)8-10-13/h3-10H,20H2,1-2H3. The van der Waals surface area contributed by atoms with E-state index in [9.17, 15) is 9.18 Å². The van der Waals surface area contributed by atoms with Crippen LogP contribution in [0.1, 0.15) is 16.2 Å². The molecule has 122 valence electrons. The maximum atomic E-state index is 14.3. The van der Waals surface area contributed by atoms with Crippen LogP contribution in [0.4, 0.5) is 10.1 Å². The van der Waals surface area contributed by atoms with Gasteiger partial charge in [0.25, 0.3) is 0 Å². The van der Waals surface area contributed by atoms with Crippen molar-refractivity contribution in [1.82, 2.24) is 9.55 Å². The molecule has 2 N–H and O–H groups in total. The van der Waals surface area contributed by atoms with E-state index in [2.05, 4.69) is 4.98 Å². The molecule has 0 spiro atoms. The summed E-state index contributed by atoms with van der Waals surface area (Å²) in [6.07, 6.45) is 0. The number of hydrogen-bond donors (Lipinski definition) is 1. The fraction of sp³-hybridized carbons (Fsp3) is 0.111. The number of nitrogens with two attached hydrogens (primary N) is 1. The quantitative estimate of drug-likeness (QED) is 0.592. The van der Waals surface area contributed by atoms with Gasteiger partial charge in [-0.25, -0.2) is 14.2 Å². The summed E-state index contributed by atoms with van der Waals surface area (Å²) in [5.74, 6) is -0.661. The van der Waals surface area contributed by atoms with Gasteiger partial charge in [-0.3, -0.25) is 4.57 Å². The van der Waals surface area contributed by atoms with Crippen LogP contribution in [-0.4, -0.2) is 22.6 Å². The highest BCUT2D eigenvalue weighted by atomic mass is 19.1. The number of carbonyl (C=O) groups is 1. The van der Waals surface area contributed by atoms with Gasteiger partial charge >= 0.3 is 5.97 Å². The Morgan fingerprint density at radius 2 is 1.83 bits per heavy atom. The molecule has 1 aromatic heterocycles. The van der Waals surface area contributed by atoms with Crippen molar-refractivity contribution >= 4 is 11.7 Å². The molecular formula is C18H16FN3O2. The van der Waals surface area contributed by atoms with E-state index in [1.165, 1.54) is 13.2 Å². The van der Waals surface area contributed by atoms with Gasteiger partial charge in [-0.2, -0.15) is 0 Å². The molecule has 0 aliphatic rings. The van der Waals surface area contributed by atoms with E-state index >= 15 is 0 Å². The number of esters is 1. The maximum Gasteiger partial charge on any atom is 0.358 e. The molecule has 24 heavy (non-hydrogen) atoms. The maximum absolute atomic E-state index is 14.3. The lowest BCUT2D eigenvalue weighted by atomic mass is 10.2. The van der Waals surface area contributed by atoms with Crippen molar-refractivity contribution in [3.05, 3.63) is 65.7 Å². The highest BCUT2D eigenvalue weighted by Gasteiger charge is 2.23. The molecule has 5 nitrogen and oxygen atoms in total. The minimum Gasteiger partial charge on any atom is -0.464 e. The number of nitrogens with zero attached hydrogens (tertiary/aromatic N) is 2. The largest absolute Gasteiger partial charge is 0.464 e. The lowest BCUT2D eigenvalue weighted by Crippen LogP contribution is -2.05. The molecular weight excluding hydrogens is 309 g/mol. The lowest BCUT2D eigenvalue weighted by Gasteiger charge is -2.11. The topological polar surface area (TPSA) is 70.1 Å². The number of methoxy groups -OCH3 is 1. The molecule has 0 saturated heterocycles. The lowest BCUT2D eigenvalue weighted by molar-refractivity contribution is 0.0593. The molecule has 0 radical (unpaired) electrons. The molecule has 3 aromatic rings.